The standard InChI is InChI=1S/C29H31N5O5S2/c1-5-39-28(36)25-18(2)30-29-33(26(25)19-6-9-22(40-4)10-7-19)27(35)24(41-29)17-20-16-21(34(37)38)8-11-23(20)32-14-12-31(3)13-15-32/h6-11,16-17,26H,5,12-15H2,1-4H3/b24-17+/t26-/m0/s1. The van der Waals surface area contributed by atoms with Crippen LogP contribution >= 0.6 is 23.1 Å². The number of ether oxygens (including phenoxy) is 1. The van der Waals surface area contributed by atoms with Crippen molar-refractivity contribution in [3.8, 4) is 0 Å². The molecule has 0 spiro atoms. The number of allylic oxidation sites excluding steroid dienone is 1. The number of likely N-dealkylation sites (N-methyl/N-ethyl adjacent to an activating group) is 1. The molecule has 2 aliphatic heterocycles. The van der Waals surface area contributed by atoms with Crippen molar-refractivity contribution in [1.29, 1.82) is 0 Å². The highest BCUT2D eigenvalue weighted by Gasteiger charge is 2.33. The van der Waals surface area contributed by atoms with E-state index < -0.39 is 16.9 Å². The third kappa shape index (κ3) is 5.72. The molecule has 5 rings (SSSR count). The zero-order valence-electron chi connectivity index (χ0n) is 23.3. The number of anilines is 1. The van der Waals surface area contributed by atoms with Crippen molar-refractivity contribution in [2.24, 2.45) is 4.99 Å². The lowest BCUT2D eigenvalue weighted by molar-refractivity contribution is -0.384. The van der Waals surface area contributed by atoms with E-state index in [0.29, 0.717) is 26.2 Å². The van der Waals surface area contributed by atoms with Gasteiger partial charge in [-0.25, -0.2) is 9.79 Å². The molecule has 0 unspecified atom stereocenters. The lowest BCUT2D eigenvalue weighted by Crippen LogP contribution is -2.44. The van der Waals surface area contributed by atoms with E-state index in [1.807, 2.05) is 30.5 Å². The molecule has 214 valence electrons. The summed E-state index contributed by atoms with van der Waals surface area (Å²) in [4.78, 5) is 49.0. The van der Waals surface area contributed by atoms with Crippen LogP contribution < -0.4 is 19.8 Å². The van der Waals surface area contributed by atoms with Gasteiger partial charge in [0.2, 0.25) is 0 Å². The Morgan fingerprint density at radius 1 is 1.20 bits per heavy atom. The summed E-state index contributed by atoms with van der Waals surface area (Å²) in [5.41, 5.74) is 2.63. The largest absolute Gasteiger partial charge is 0.463 e. The number of nitro benzene ring substituents is 1. The van der Waals surface area contributed by atoms with E-state index in [4.69, 9.17) is 4.74 Å². The molecule has 0 bridgehead atoms. The molecule has 2 aromatic carbocycles. The van der Waals surface area contributed by atoms with E-state index in [9.17, 15) is 19.7 Å². The van der Waals surface area contributed by atoms with Crippen LogP contribution in [0.15, 0.2) is 68.4 Å². The number of nitrogens with zero attached hydrogens (tertiary/aromatic N) is 5. The van der Waals surface area contributed by atoms with Gasteiger partial charge < -0.3 is 14.5 Å². The molecule has 2 aliphatic rings. The number of hydrogen-bond donors (Lipinski definition) is 0. The Morgan fingerprint density at radius 3 is 2.54 bits per heavy atom. The van der Waals surface area contributed by atoms with E-state index in [0.717, 1.165) is 42.3 Å². The molecular weight excluding hydrogens is 562 g/mol. The van der Waals surface area contributed by atoms with Crippen LogP contribution in [0.3, 0.4) is 0 Å². The first-order chi connectivity index (χ1) is 19.7. The number of thiazole rings is 1. The molecule has 0 radical (unpaired) electrons. The zero-order chi connectivity index (χ0) is 29.3. The van der Waals surface area contributed by atoms with Gasteiger partial charge in [-0.3, -0.25) is 19.5 Å². The lowest BCUT2D eigenvalue weighted by atomic mass is 9.96. The second-order valence-corrected chi connectivity index (χ2v) is 11.8. The summed E-state index contributed by atoms with van der Waals surface area (Å²) < 4.78 is 7.29. The summed E-state index contributed by atoms with van der Waals surface area (Å²) in [6.45, 7) is 6.95. The van der Waals surface area contributed by atoms with Crippen LogP contribution in [0.5, 0.6) is 0 Å². The molecule has 1 aromatic heterocycles. The van der Waals surface area contributed by atoms with Gasteiger partial charge in [-0.15, -0.1) is 11.8 Å². The molecule has 1 saturated heterocycles. The number of fused-ring (bicyclic) bond motifs is 1. The maximum Gasteiger partial charge on any atom is 0.338 e. The fourth-order valence-corrected chi connectivity index (χ4v) is 6.59. The van der Waals surface area contributed by atoms with Gasteiger partial charge in [-0.05, 0) is 57.0 Å². The average molecular weight is 594 g/mol. The maximum absolute atomic E-state index is 14.1. The number of hydrogen-bond acceptors (Lipinski definition) is 10. The smallest absolute Gasteiger partial charge is 0.338 e. The van der Waals surface area contributed by atoms with Gasteiger partial charge >= 0.3 is 5.97 Å². The first-order valence-electron chi connectivity index (χ1n) is 13.3. The molecule has 0 saturated carbocycles. The van der Waals surface area contributed by atoms with E-state index in [-0.39, 0.29) is 17.9 Å². The van der Waals surface area contributed by atoms with Crippen molar-refractivity contribution in [1.82, 2.24) is 9.47 Å². The number of rotatable bonds is 7. The van der Waals surface area contributed by atoms with Gasteiger partial charge in [0.25, 0.3) is 11.2 Å². The molecule has 1 atom stereocenters. The van der Waals surface area contributed by atoms with Gasteiger partial charge in [0, 0.05) is 54.5 Å². The molecule has 41 heavy (non-hydrogen) atoms. The van der Waals surface area contributed by atoms with E-state index >= 15 is 0 Å². The highest BCUT2D eigenvalue weighted by Crippen LogP contribution is 2.32. The Bertz CT molecular complexity index is 1700. The fourth-order valence-electron chi connectivity index (χ4n) is 5.14. The molecule has 1 fully saturated rings. The van der Waals surface area contributed by atoms with Crippen LogP contribution in [-0.4, -0.2) is 66.4 Å². The van der Waals surface area contributed by atoms with Crippen LogP contribution in [0, 0.1) is 10.1 Å². The second kappa shape index (κ2) is 12.0. The SMILES string of the molecule is CCOC(=O)C1=C(C)N=c2s/c(=C/c3cc([N+](=O)[O-])ccc3N3CCN(C)CC3)c(=O)n2[C@H]1c1ccc(SC)cc1. The second-order valence-electron chi connectivity index (χ2n) is 9.87. The third-order valence-corrected chi connectivity index (χ3v) is 9.03. The molecule has 0 aliphatic carbocycles. The Morgan fingerprint density at radius 2 is 1.90 bits per heavy atom. The van der Waals surface area contributed by atoms with Gasteiger partial charge in [0.1, 0.15) is 0 Å². The van der Waals surface area contributed by atoms with E-state index in [2.05, 4.69) is 21.8 Å². The summed E-state index contributed by atoms with van der Waals surface area (Å²) in [7, 11) is 2.06. The summed E-state index contributed by atoms with van der Waals surface area (Å²) in [6, 6.07) is 11.8. The van der Waals surface area contributed by atoms with Gasteiger partial charge in [-0.2, -0.15) is 0 Å². The summed E-state index contributed by atoms with van der Waals surface area (Å²) in [6.07, 6.45) is 3.69. The first kappa shape index (κ1) is 28.8. The minimum atomic E-state index is -0.717. The van der Waals surface area contributed by atoms with Crippen molar-refractivity contribution in [2.75, 3.05) is 51.0 Å². The fraction of sp³-hybridized carbons (Fsp3) is 0.345. The number of benzene rings is 2. The molecule has 0 N–H and O–H groups in total. The van der Waals surface area contributed by atoms with Crippen molar-refractivity contribution in [2.45, 2.75) is 24.8 Å². The monoisotopic (exact) mass is 593 g/mol. The van der Waals surface area contributed by atoms with Crippen molar-refractivity contribution >= 4 is 46.5 Å². The predicted octanol–water partition coefficient (Wildman–Crippen LogP) is 3.18. The molecule has 12 heteroatoms. The topological polar surface area (TPSA) is 110 Å². The number of nitro groups is 1. The zero-order valence-corrected chi connectivity index (χ0v) is 25.0. The van der Waals surface area contributed by atoms with Crippen molar-refractivity contribution in [3.05, 3.63) is 94.7 Å². The Kier molecular flexibility index (Phi) is 8.43. The molecule has 10 nitrogen and oxygen atoms in total. The van der Waals surface area contributed by atoms with Crippen LogP contribution in [-0.2, 0) is 9.53 Å². The van der Waals surface area contributed by atoms with Crippen LogP contribution in [0.25, 0.3) is 6.08 Å². The van der Waals surface area contributed by atoms with Crippen LogP contribution in [0.1, 0.15) is 31.0 Å². The molecule has 0 amide bonds. The number of esters is 1. The third-order valence-electron chi connectivity index (χ3n) is 7.30. The van der Waals surface area contributed by atoms with Crippen molar-refractivity contribution in [3.63, 3.8) is 0 Å². The Labute approximate surface area is 245 Å². The Balaban J connectivity index is 1.69. The summed E-state index contributed by atoms with van der Waals surface area (Å²) >= 11 is 2.81. The molecular formula is C29H31N5O5S2. The van der Waals surface area contributed by atoms with E-state index in [1.165, 1.54) is 28.0 Å². The number of carbonyl (C=O) groups excluding carboxylic acids is 1. The number of thioether (sulfide) groups is 1. The summed E-state index contributed by atoms with van der Waals surface area (Å²) in [5, 5.41) is 11.6. The highest BCUT2D eigenvalue weighted by atomic mass is 32.2. The van der Waals surface area contributed by atoms with Gasteiger partial charge in [-0.1, -0.05) is 23.5 Å². The molecule has 3 heterocycles. The highest BCUT2D eigenvalue weighted by molar-refractivity contribution is 7.98. The predicted molar refractivity (Wildman–Crippen MR) is 161 cm³/mol. The number of piperazine rings is 1. The average Bonchev–Trinajstić information content (AvgIpc) is 3.26. The summed E-state index contributed by atoms with van der Waals surface area (Å²) in [5.74, 6) is -0.516. The normalized spacial score (nSPS) is 17.8. The van der Waals surface area contributed by atoms with Crippen LogP contribution in [0.2, 0.25) is 0 Å². The number of carbonyl (C=O) groups is 1. The van der Waals surface area contributed by atoms with Gasteiger partial charge in [0.05, 0.1) is 33.4 Å². The minimum Gasteiger partial charge on any atom is -0.463 e. The maximum atomic E-state index is 14.1. The van der Waals surface area contributed by atoms with Gasteiger partial charge in [0.15, 0.2) is 4.80 Å². The van der Waals surface area contributed by atoms with E-state index in [1.54, 1.807) is 37.8 Å². The minimum absolute atomic E-state index is 0.0471. The quantitative estimate of drug-likeness (QED) is 0.178. The Hall–Kier alpha value is -3.74. The number of non-ortho nitro benzene ring substituents is 1. The first-order valence-corrected chi connectivity index (χ1v) is 15.3. The van der Waals surface area contributed by atoms with Crippen molar-refractivity contribution < 1.29 is 14.5 Å². The molecule has 3 aromatic rings. The lowest BCUT2D eigenvalue weighted by Gasteiger charge is -2.34. The number of aromatic nitrogens is 1. The van der Waals surface area contributed by atoms with Crippen LogP contribution in [0.4, 0.5) is 11.4 Å².